The average Bonchev–Trinajstić information content (AvgIpc) is 2.58. The van der Waals surface area contributed by atoms with Gasteiger partial charge in [0.1, 0.15) is 12.4 Å². The molecule has 1 saturated heterocycles. The Hall–Kier alpha value is -2.39. The number of anilines is 1. The summed E-state index contributed by atoms with van der Waals surface area (Å²) in [5.74, 6) is -1.64. The van der Waals surface area contributed by atoms with E-state index in [2.05, 4.69) is 16.0 Å². The number of benzene rings is 1. The number of carbonyl (C=O) groups excluding carboxylic acids is 2. The van der Waals surface area contributed by atoms with Crippen LogP contribution < -0.4 is 16.0 Å². The summed E-state index contributed by atoms with van der Waals surface area (Å²) in [4.78, 5) is 36.0. The van der Waals surface area contributed by atoms with Gasteiger partial charge >= 0.3 is 12.0 Å². The summed E-state index contributed by atoms with van der Waals surface area (Å²) < 4.78 is 13.1. The highest BCUT2D eigenvalue weighted by Gasteiger charge is 2.22. The maximum Gasteiger partial charge on any atom is 0.322 e. The Morgan fingerprint density at radius 3 is 2.74 bits per heavy atom. The van der Waals surface area contributed by atoms with Gasteiger partial charge in [-0.3, -0.25) is 14.5 Å². The van der Waals surface area contributed by atoms with Gasteiger partial charge in [-0.1, -0.05) is 6.07 Å². The predicted octanol–water partition coefficient (Wildman–Crippen LogP) is 1.28. The van der Waals surface area contributed by atoms with Crippen molar-refractivity contribution in [3.05, 3.63) is 30.1 Å². The number of piperidine rings is 1. The summed E-state index contributed by atoms with van der Waals surface area (Å²) in [5, 5.41) is 16.2. The van der Waals surface area contributed by atoms with Crippen molar-refractivity contribution >= 4 is 36.0 Å². The van der Waals surface area contributed by atoms with Crippen molar-refractivity contribution in [2.75, 3.05) is 38.0 Å². The van der Waals surface area contributed by atoms with Crippen molar-refractivity contribution in [1.82, 2.24) is 15.5 Å². The van der Waals surface area contributed by atoms with Crippen molar-refractivity contribution in [3.63, 3.8) is 0 Å². The van der Waals surface area contributed by atoms with Crippen molar-refractivity contribution in [2.24, 2.45) is 5.92 Å². The van der Waals surface area contributed by atoms with Crippen LogP contribution in [0.4, 0.5) is 14.9 Å². The lowest BCUT2D eigenvalue weighted by Gasteiger charge is -2.32. The molecule has 1 aliphatic rings. The minimum atomic E-state index is -1.08. The van der Waals surface area contributed by atoms with Crippen molar-refractivity contribution in [1.29, 1.82) is 0 Å². The molecule has 1 aromatic rings. The quantitative estimate of drug-likeness (QED) is 0.549. The number of carboxylic acid groups (broad SMARTS) is 1. The first-order valence-electron chi connectivity index (χ1n) is 8.43. The molecule has 3 amide bonds. The van der Waals surface area contributed by atoms with Gasteiger partial charge in [-0.25, -0.2) is 9.18 Å². The topological polar surface area (TPSA) is 111 Å². The minimum Gasteiger partial charge on any atom is -0.480 e. The van der Waals surface area contributed by atoms with Gasteiger partial charge in [0, 0.05) is 18.8 Å². The first-order chi connectivity index (χ1) is 12.4. The van der Waals surface area contributed by atoms with Crippen molar-refractivity contribution < 1.29 is 23.9 Å². The van der Waals surface area contributed by atoms with E-state index in [0.29, 0.717) is 18.8 Å². The second-order valence-electron chi connectivity index (χ2n) is 6.26. The van der Waals surface area contributed by atoms with E-state index in [1.54, 1.807) is 6.07 Å². The van der Waals surface area contributed by atoms with Crippen LogP contribution in [0.5, 0.6) is 0 Å². The molecule has 8 nitrogen and oxygen atoms in total. The fraction of sp³-hybridized carbons (Fsp3) is 0.471. The number of hydrogen-bond acceptors (Lipinski definition) is 4. The molecule has 0 spiro atoms. The van der Waals surface area contributed by atoms with Crippen LogP contribution in [0.1, 0.15) is 12.8 Å². The Morgan fingerprint density at radius 1 is 1.26 bits per heavy atom. The Kier molecular flexibility index (Phi) is 9.52. The summed E-state index contributed by atoms with van der Waals surface area (Å²) in [6.07, 6.45) is 1.82. The highest BCUT2D eigenvalue weighted by molar-refractivity contribution is 5.89. The summed E-state index contributed by atoms with van der Waals surface area (Å²) in [6, 6.07) is 5.23. The molecule has 4 N–H and O–H groups in total. The number of hydrogen-bond donors (Lipinski definition) is 4. The molecule has 150 valence electrons. The highest BCUT2D eigenvalue weighted by atomic mass is 35.5. The number of carboxylic acids is 1. The number of urea groups is 1. The van der Waals surface area contributed by atoms with E-state index in [4.69, 9.17) is 5.11 Å². The Labute approximate surface area is 162 Å². The maximum atomic E-state index is 13.1. The van der Waals surface area contributed by atoms with Gasteiger partial charge in [-0.15, -0.1) is 12.4 Å². The fourth-order valence-electron chi connectivity index (χ4n) is 2.87. The summed E-state index contributed by atoms with van der Waals surface area (Å²) in [7, 11) is 0. The lowest BCUT2D eigenvalue weighted by molar-refractivity contribution is -0.138. The van der Waals surface area contributed by atoms with Gasteiger partial charge in [0.05, 0.1) is 6.54 Å². The summed E-state index contributed by atoms with van der Waals surface area (Å²) >= 11 is 0. The number of nitrogens with zero attached hydrogens (tertiary/aromatic N) is 1. The second kappa shape index (κ2) is 11.3. The van der Waals surface area contributed by atoms with Crippen LogP contribution in [0, 0.1) is 11.7 Å². The van der Waals surface area contributed by atoms with Crippen LogP contribution in [0.3, 0.4) is 0 Å². The number of halogens is 2. The standard InChI is InChI=1S/C17H23FN4O4.ClH/c18-13-4-1-5-14(7-13)21-17(26)20-8-12-3-2-6-22(10-12)11-15(23)19-9-16(24)25;/h1,4-5,7,12H,2-3,6,8-11H2,(H,19,23)(H,24,25)(H2,20,21,26);1H. The summed E-state index contributed by atoms with van der Waals surface area (Å²) in [5.41, 5.74) is 0.378. The molecule has 0 aliphatic carbocycles. The number of amides is 3. The molecule has 1 unspecified atom stereocenters. The zero-order valence-electron chi connectivity index (χ0n) is 14.7. The van der Waals surface area contributed by atoms with Crippen LogP contribution >= 0.6 is 12.4 Å². The van der Waals surface area contributed by atoms with Gasteiger partial charge in [0.2, 0.25) is 5.91 Å². The zero-order chi connectivity index (χ0) is 18.9. The third-order valence-electron chi connectivity index (χ3n) is 4.04. The third-order valence-corrected chi connectivity index (χ3v) is 4.04. The summed E-state index contributed by atoms with van der Waals surface area (Å²) in [6.45, 7) is 1.58. The Bertz CT molecular complexity index is 662. The van der Waals surface area contributed by atoms with E-state index >= 15 is 0 Å². The number of likely N-dealkylation sites (tertiary alicyclic amines) is 1. The molecule has 0 radical (unpaired) electrons. The highest BCUT2D eigenvalue weighted by Crippen LogP contribution is 2.15. The molecule has 1 aliphatic heterocycles. The molecule has 0 bridgehead atoms. The van der Waals surface area contributed by atoms with E-state index < -0.39 is 24.4 Å². The van der Waals surface area contributed by atoms with Crippen LogP contribution in [0.15, 0.2) is 24.3 Å². The van der Waals surface area contributed by atoms with Crippen molar-refractivity contribution in [2.45, 2.75) is 12.8 Å². The molecule has 2 rings (SSSR count). The number of carbonyl (C=O) groups is 3. The van der Waals surface area contributed by atoms with E-state index in [9.17, 15) is 18.8 Å². The fourth-order valence-corrected chi connectivity index (χ4v) is 2.87. The average molecular weight is 403 g/mol. The van der Waals surface area contributed by atoms with Crippen LogP contribution in [-0.4, -0.2) is 60.6 Å². The van der Waals surface area contributed by atoms with Crippen LogP contribution in [-0.2, 0) is 9.59 Å². The molecular weight excluding hydrogens is 379 g/mol. The van der Waals surface area contributed by atoms with Gasteiger partial charge < -0.3 is 21.1 Å². The van der Waals surface area contributed by atoms with Gasteiger partial charge in [0.25, 0.3) is 0 Å². The molecule has 1 atom stereocenters. The lowest BCUT2D eigenvalue weighted by atomic mass is 9.98. The first kappa shape index (κ1) is 22.7. The molecule has 27 heavy (non-hydrogen) atoms. The smallest absolute Gasteiger partial charge is 0.322 e. The Balaban J connectivity index is 0.00000364. The maximum absolute atomic E-state index is 13.1. The van der Waals surface area contributed by atoms with E-state index in [0.717, 1.165) is 19.4 Å². The second-order valence-corrected chi connectivity index (χ2v) is 6.26. The zero-order valence-corrected chi connectivity index (χ0v) is 15.6. The van der Waals surface area contributed by atoms with E-state index in [1.807, 2.05) is 4.90 Å². The predicted molar refractivity (Wildman–Crippen MR) is 100 cm³/mol. The van der Waals surface area contributed by atoms with E-state index in [-0.39, 0.29) is 30.8 Å². The largest absolute Gasteiger partial charge is 0.480 e. The van der Waals surface area contributed by atoms with Gasteiger partial charge in [-0.05, 0) is 43.5 Å². The van der Waals surface area contributed by atoms with Crippen molar-refractivity contribution in [3.8, 4) is 0 Å². The molecule has 0 saturated carbocycles. The third kappa shape index (κ3) is 8.69. The molecule has 1 heterocycles. The monoisotopic (exact) mass is 402 g/mol. The Morgan fingerprint density at radius 2 is 2.04 bits per heavy atom. The first-order valence-corrected chi connectivity index (χ1v) is 8.43. The molecule has 10 heteroatoms. The molecule has 1 fully saturated rings. The van der Waals surface area contributed by atoms with Crippen LogP contribution in [0.2, 0.25) is 0 Å². The minimum absolute atomic E-state index is 0. The number of aliphatic carboxylic acids is 1. The van der Waals surface area contributed by atoms with Gasteiger partial charge in [-0.2, -0.15) is 0 Å². The lowest BCUT2D eigenvalue weighted by Crippen LogP contribution is -2.46. The number of rotatable bonds is 7. The molecule has 1 aromatic carbocycles. The normalized spacial score (nSPS) is 16.7. The van der Waals surface area contributed by atoms with Gasteiger partial charge in [0.15, 0.2) is 0 Å². The molecular formula is C17H24ClFN4O4. The number of nitrogens with one attached hydrogen (secondary N) is 3. The van der Waals surface area contributed by atoms with E-state index in [1.165, 1.54) is 18.2 Å². The SMILES string of the molecule is Cl.O=C(O)CNC(=O)CN1CCCC(CNC(=O)Nc2cccc(F)c2)C1. The molecule has 0 aromatic heterocycles. The van der Waals surface area contributed by atoms with Crippen LogP contribution in [0.25, 0.3) is 0 Å².